The van der Waals surface area contributed by atoms with Crippen molar-refractivity contribution in [2.45, 2.75) is 38.6 Å². The van der Waals surface area contributed by atoms with Crippen LogP contribution in [0.5, 0.6) is 0 Å². The molecule has 3 nitrogen and oxygen atoms in total. The van der Waals surface area contributed by atoms with E-state index >= 15 is 0 Å². The molecule has 0 unspecified atom stereocenters. The maximum atomic E-state index is 13.4. The first-order valence-electron chi connectivity index (χ1n) is 6.49. The molecule has 4 heteroatoms. The predicted octanol–water partition coefficient (Wildman–Crippen LogP) is 2.81. The molecule has 0 bridgehead atoms. The van der Waals surface area contributed by atoms with Crippen molar-refractivity contribution in [2.75, 3.05) is 12.3 Å². The van der Waals surface area contributed by atoms with Gasteiger partial charge in [-0.15, -0.1) is 0 Å². The number of rotatable bonds is 3. The third-order valence-electron chi connectivity index (χ3n) is 3.61. The van der Waals surface area contributed by atoms with Crippen LogP contribution in [0.3, 0.4) is 0 Å². The molecule has 2 rings (SSSR count). The summed E-state index contributed by atoms with van der Waals surface area (Å²) in [7, 11) is 0. The second-order valence-electron chi connectivity index (χ2n) is 4.77. The minimum Gasteiger partial charge on any atom is -0.396 e. The third kappa shape index (κ3) is 2.47. The van der Waals surface area contributed by atoms with Crippen molar-refractivity contribution < 1.29 is 9.18 Å². The molecule has 1 aliphatic carbocycles. The van der Waals surface area contributed by atoms with Gasteiger partial charge in [-0.1, -0.05) is 12.8 Å². The minimum absolute atomic E-state index is 0.0791. The van der Waals surface area contributed by atoms with Gasteiger partial charge in [-0.3, -0.25) is 4.79 Å². The standard InChI is InChI=1S/C14H19FN2O/c1-2-17(11-5-3-4-6-11)14(18)10-7-8-13(16)12(15)9-10/h7-9,11H,2-6,16H2,1H3. The van der Waals surface area contributed by atoms with Crippen LogP contribution in [0, 0.1) is 5.82 Å². The largest absolute Gasteiger partial charge is 0.396 e. The first kappa shape index (κ1) is 12.9. The first-order valence-corrected chi connectivity index (χ1v) is 6.49. The van der Waals surface area contributed by atoms with E-state index < -0.39 is 5.82 Å². The maximum absolute atomic E-state index is 13.4. The van der Waals surface area contributed by atoms with E-state index in [-0.39, 0.29) is 11.6 Å². The minimum atomic E-state index is -0.525. The number of nitrogens with zero attached hydrogens (tertiary/aromatic N) is 1. The quantitative estimate of drug-likeness (QED) is 0.838. The molecule has 1 aliphatic rings. The fraction of sp³-hybridized carbons (Fsp3) is 0.500. The smallest absolute Gasteiger partial charge is 0.254 e. The summed E-state index contributed by atoms with van der Waals surface area (Å²) >= 11 is 0. The highest BCUT2D eigenvalue weighted by atomic mass is 19.1. The molecule has 1 aromatic rings. The Labute approximate surface area is 107 Å². The van der Waals surface area contributed by atoms with E-state index in [4.69, 9.17) is 5.73 Å². The molecule has 0 atom stereocenters. The molecule has 0 radical (unpaired) electrons. The molecule has 1 aromatic carbocycles. The lowest BCUT2D eigenvalue weighted by Crippen LogP contribution is -2.38. The summed E-state index contributed by atoms with van der Waals surface area (Å²) in [6, 6.07) is 4.58. The van der Waals surface area contributed by atoms with E-state index in [1.54, 1.807) is 6.07 Å². The van der Waals surface area contributed by atoms with Crippen molar-refractivity contribution in [3.05, 3.63) is 29.6 Å². The van der Waals surface area contributed by atoms with Gasteiger partial charge in [-0.2, -0.15) is 0 Å². The molecule has 2 N–H and O–H groups in total. The zero-order valence-corrected chi connectivity index (χ0v) is 10.7. The first-order chi connectivity index (χ1) is 8.63. The van der Waals surface area contributed by atoms with Crippen LogP contribution in [0.4, 0.5) is 10.1 Å². The van der Waals surface area contributed by atoms with Crippen molar-refractivity contribution in [3.8, 4) is 0 Å². The highest BCUT2D eigenvalue weighted by Crippen LogP contribution is 2.25. The molecule has 0 aliphatic heterocycles. The normalized spacial score (nSPS) is 15.9. The highest BCUT2D eigenvalue weighted by Gasteiger charge is 2.26. The molecule has 0 heterocycles. The van der Waals surface area contributed by atoms with Crippen LogP contribution in [0.2, 0.25) is 0 Å². The van der Waals surface area contributed by atoms with Crippen LogP contribution in [-0.2, 0) is 0 Å². The van der Waals surface area contributed by atoms with Crippen molar-refractivity contribution in [2.24, 2.45) is 0 Å². The van der Waals surface area contributed by atoms with Gasteiger partial charge >= 0.3 is 0 Å². The Balaban J connectivity index is 2.19. The van der Waals surface area contributed by atoms with Crippen LogP contribution >= 0.6 is 0 Å². The maximum Gasteiger partial charge on any atom is 0.254 e. The molecular weight excluding hydrogens is 231 g/mol. The number of nitrogen functional groups attached to an aromatic ring is 1. The number of anilines is 1. The van der Waals surface area contributed by atoms with Crippen LogP contribution in [-0.4, -0.2) is 23.4 Å². The predicted molar refractivity (Wildman–Crippen MR) is 69.8 cm³/mol. The van der Waals surface area contributed by atoms with Gasteiger partial charge in [0.25, 0.3) is 5.91 Å². The van der Waals surface area contributed by atoms with E-state index in [0.717, 1.165) is 12.8 Å². The fourth-order valence-electron chi connectivity index (χ4n) is 2.61. The Bertz CT molecular complexity index is 441. The average Bonchev–Trinajstić information content (AvgIpc) is 2.87. The SMILES string of the molecule is CCN(C(=O)c1ccc(N)c(F)c1)C1CCCC1. The Kier molecular flexibility index (Phi) is 3.84. The number of halogens is 1. The summed E-state index contributed by atoms with van der Waals surface area (Å²) < 4.78 is 13.4. The van der Waals surface area contributed by atoms with Crippen molar-refractivity contribution in [3.63, 3.8) is 0 Å². The van der Waals surface area contributed by atoms with Gasteiger partial charge in [-0.05, 0) is 38.0 Å². The number of amides is 1. The Morgan fingerprint density at radius 2 is 2.11 bits per heavy atom. The molecule has 98 valence electrons. The number of hydrogen-bond donors (Lipinski definition) is 1. The summed E-state index contributed by atoms with van der Waals surface area (Å²) in [6.07, 6.45) is 4.45. The number of nitrogens with two attached hydrogens (primary N) is 1. The van der Waals surface area contributed by atoms with E-state index in [1.165, 1.54) is 25.0 Å². The third-order valence-corrected chi connectivity index (χ3v) is 3.61. The molecule has 0 saturated heterocycles. The summed E-state index contributed by atoms with van der Waals surface area (Å²) in [5.41, 5.74) is 5.88. The zero-order chi connectivity index (χ0) is 13.1. The second kappa shape index (κ2) is 5.38. The molecular formula is C14H19FN2O. The summed E-state index contributed by atoms with van der Waals surface area (Å²) in [6.45, 7) is 2.62. The monoisotopic (exact) mass is 250 g/mol. The zero-order valence-electron chi connectivity index (χ0n) is 10.7. The number of benzene rings is 1. The van der Waals surface area contributed by atoms with E-state index in [1.807, 2.05) is 11.8 Å². The van der Waals surface area contributed by atoms with E-state index in [0.29, 0.717) is 18.2 Å². The van der Waals surface area contributed by atoms with Gasteiger partial charge in [0.15, 0.2) is 0 Å². The van der Waals surface area contributed by atoms with Crippen LogP contribution < -0.4 is 5.73 Å². The number of hydrogen-bond acceptors (Lipinski definition) is 2. The van der Waals surface area contributed by atoms with Crippen LogP contribution in [0.15, 0.2) is 18.2 Å². The van der Waals surface area contributed by atoms with Crippen LogP contribution in [0.25, 0.3) is 0 Å². The van der Waals surface area contributed by atoms with E-state index in [9.17, 15) is 9.18 Å². The summed E-state index contributed by atoms with van der Waals surface area (Å²) in [5, 5.41) is 0. The fourth-order valence-corrected chi connectivity index (χ4v) is 2.61. The molecule has 1 saturated carbocycles. The molecule has 0 spiro atoms. The van der Waals surface area contributed by atoms with Gasteiger partial charge in [0.2, 0.25) is 0 Å². The average molecular weight is 250 g/mol. The van der Waals surface area contributed by atoms with Crippen molar-refractivity contribution >= 4 is 11.6 Å². The molecule has 1 amide bonds. The van der Waals surface area contributed by atoms with Gasteiger partial charge in [-0.25, -0.2) is 4.39 Å². The number of carbonyl (C=O) groups is 1. The Hall–Kier alpha value is -1.58. The highest BCUT2D eigenvalue weighted by molar-refractivity contribution is 5.94. The Morgan fingerprint density at radius 1 is 1.44 bits per heavy atom. The summed E-state index contributed by atoms with van der Waals surface area (Å²) in [4.78, 5) is 14.2. The van der Waals surface area contributed by atoms with Gasteiger partial charge in [0, 0.05) is 18.2 Å². The molecule has 0 aromatic heterocycles. The molecule has 1 fully saturated rings. The number of carbonyl (C=O) groups excluding carboxylic acids is 1. The van der Waals surface area contributed by atoms with Gasteiger partial charge in [0.1, 0.15) is 5.82 Å². The van der Waals surface area contributed by atoms with E-state index in [2.05, 4.69) is 0 Å². The second-order valence-corrected chi connectivity index (χ2v) is 4.77. The Morgan fingerprint density at radius 3 is 2.67 bits per heavy atom. The van der Waals surface area contributed by atoms with Crippen molar-refractivity contribution in [1.29, 1.82) is 0 Å². The lowest BCUT2D eigenvalue weighted by molar-refractivity contribution is 0.0693. The lowest BCUT2D eigenvalue weighted by atomic mass is 10.1. The van der Waals surface area contributed by atoms with Gasteiger partial charge in [0.05, 0.1) is 5.69 Å². The summed E-state index contributed by atoms with van der Waals surface area (Å²) in [5.74, 6) is -0.619. The lowest BCUT2D eigenvalue weighted by Gasteiger charge is -2.27. The van der Waals surface area contributed by atoms with Gasteiger partial charge < -0.3 is 10.6 Å². The van der Waals surface area contributed by atoms with Crippen LogP contribution in [0.1, 0.15) is 43.0 Å². The molecule has 18 heavy (non-hydrogen) atoms. The van der Waals surface area contributed by atoms with Crippen molar-refractivity contribution in [1.82, 2.24) is 4.90 Å². The topological polar surface area (TPSA) is 46.3 Å².